The summed E-state index contributed by atoms with van der Waals surface area (Å²) in [5, 5.41) is 2.89. The number of hydrogen-bond acceptors (Lipinski definition) is 5. The van der Waals surface area contributed by atoms with Gasteiger partial charge in [0.15, 0.2) is 0 Å². The topological polar surface area (TPSA) is 96.0 Å². The molecule has 3 heterocycles. The zero-order chi connectivity index (χ0) is 20.6. The number of carbonyl (C=O) groups excluding carboxylic acids is 2. The van der Waals surface area contributed by atoms with E-state index in [1.165, 1.54) is 22.2 Å². The molecule has 4 rings (SSSR count). The van der Waals surface area contributed by atoms with Crippen molar-refractivity contribution in [2.24, 2.45) is 0 Å². The Bertz CT molecular complexity index is 905. The summed E-state index contributed by atoms with van der Waals surface area (Å²) in [4.78, 5) is 26.7. The van der Waals surface area contributed by atoms with E-state index in [4.69, 9.17) is 4.74 Å². The van der Waals surface area contributed by atoms with Gasteiger partial charge in [-0.2, -0.15) is 4.31 Å². The molecule has 29 heavy (non-hydrogen) atoms. The predicted molar refractivity (Wildman–Crippen MR) is 107 cm³/mol. The van der Waals surface area contributed by atoms with Gasteiger partial charge in [-0.05, 0) is 49.4 Å². The van der Waals surface area contributed by atoms with Crippen molar-refractivity contribution in [2.75, 3.05) is 31.1 Å². The summed E-state index contributed by atoms with van der Waals surface area (Å²) in [6.45, 7) is 3.63. The molecule has 9 heteroatoms. The molecule has 0 saturated carbocycles. The van der Waals surface area contributed by atoms with E-state index in [1.54, 1.807) is 12.1 Å². The molecule has 0 bridgehead atoms. The Balaban J connectivity index is 1.54. The van der Waals surface area contributed by atoms with Crippen LogP contribution in [0.2, 0.25) is 0 Å². The lowest BCUT2D eigenvalue weighted by Crippen LogP contribution is -2.48. The quantitative estimate of drug-likeness (QED) is 0.767. The molecule has 0 spiro atoms. The molecule has 3 aliphatic heterocycles. The second-order valence-electron chi connectivity index (χ2n) is 7.89. The summed E-state index contributed by atoms with van der Waals surface area (Å²) in [6.07, 6.45) is 3.97. The molecule has 1 aromatic rings. The Morgan fingerprint density at radius 2 is 1.97 bits per heavy atom. The molecule has 2 fully saturated rings. The van der Waals surface area contributed by atoms with E-state index in [2.05, 4.69) is 5.32 Å². The third-order valence-electron chi connectivity index (χ3n) is 5.91. The van der Waals surface area contributed by atoms with Gasteiger partial charge in [0.1, 0.15) is 6.04 Å². The molecule has 158 valence electrons. The maximum atomic E-state index is 12.9. The third kappa shape index (κ3) is 3.91. The smallest absolute Gasteiger partial charge is 0.243 e. The lowest BCUT2D eigenvalue weighted by atomic mass is 10.1. The number of sulfonamides is 1. The van der Waals surface area contributed by atoms with Crippen LogP contribution in [0, 0.1) is 0 Å². The van der Waals surface area contributed by atoms with Crippen molar-refractivity contribution >= 4 is 27.5 Å². The van der Waals surface area contributed by atoms with E-state index in [-0.39, 0.29) is 22.8 Å². The van der Waals surface area contributed by atoms with E-state index in [0.29, 0.717) is 43.9 Å². The van der Waals surface area contributed by atoms with E-state index < -0.39 is 16.1 Å². The van der Waals surface area contributed by atoms with E-state index in [0.717, 1.165) is 25.7 Å². The van der Waals surface area contributed by atoms with Crippen LogP contribution in [0.3, 0.4) is 0 Å². The molecule has 1 aromatic carbocycles. The van der Waals surface area contributed by atoms with Crippen LogP contribution < -0.4 is 10.2 Å². The van der Waals surface area contributed by atoms with Crippen LogP contribution in [0.4, 0.5) is 5.69 Å². The van der Waals surface area contributed by atoms with Gasteiger partial charge in [-0.15, -0.1) is 0 Å². The van der Waals surface area contributed by atoms with Crippen LogP contribution in [0.25, 0.3) is 0 Å². The van der Waals surface area contributed by atoms with Gasteiger partial charge in [0.05, 0.1) is 11.0 Å². The fourth-order valence-corrected chi connectivity index (χ4v) is 5.97. The molecule has 2 atom stereocenters. The number of nitrogens with zero attached hydrogens (tertiary/aromatic N) is 2. The minimum absolute atomic E-state index is 0.0192. The fourth-order valence-electron chi connectivity index (χ4n) is 4.40. The molecular formula is C20H27N3O5S. The second kappa shape index (κ2) is 8.04. The average Bonchev–Trinajstić information content (AvgIpc) is 3.45. The highest BCUT2D eigenvalue weighted by Gasteiger charge is 2.38. The van der Waals surface area contributed by atoms with Crippen LogP contribution >= 0.6 is 0 Å². The van der Waals surface area contributed by atoms with Gasteiger partial charge in [0, 0.05) is 45.3 Å². The summed E-state index contributed by atoms with van der Waals surface area (Å²) in [5.41, 5.74) is 1.31. The molecule has 0 aliphatic carbocycles. The Kier molecular flexibility index (Phi) is 5.63. The molecule has 2 amide bonds. The predicted octanol–water partition coefficient (Wildman–Crippen LogP) is 1.04. The Hall–Kier alpha value is -1.97. The number of hydrogen-bond donors (Lipinski definition) is 1. The largest absolute Gasteiger partial charge is 0.376 e. The number of benzene rings is 1. The van der Waals surface area contributed by atoms with E-state index in [1.807, 2.05) is 0 Å². The minimum atomic E-state index is -3.54. The average molecular weight is 422 g/mol. The van der Waals surface area contributed by atoms with Crippen molar-refractivity contribution in [1.82, 2.24) is 9.62 Å². The normalized spacial score (nSPS) is 24.7. The number of fused-ring (bicyclic) bond motifs is 1. The van der Waals surface area contributed by atoms with Crippen molar-refractivity contribution < 1.29 is 22.7 Å². The monoisotopic (exact) mass is 421 g/mol. The number of carbonyl (C=O) groups is 2. The summed E-state index contributed by atoms with van der Waals surface area (Å²) < 4.78 is 32.8. The number of nitrogens with one attached hydrogen (secondary N) is 1. The number of rotatable bonds is 5. The Labute approximate surface area is 171 Å². The van der Waals surface area contributed by atoms with Gasteiger partial charge in [0.25, 0.3) is 0 Å². The van der Waals surface area contributed by atoms with Gasteiger partial charge in [0.2, 0.25) is 21.8 Å². The van der Waals surface area contributed by atoms with Crippen molar-refractivity contribution in [1.29, 1.82) is 0 Å². The highest BCUT2D eigenvalue weighted by molar-refractivity contribution is 7.89. The zero-order valence-electron chi connectivity index (χ0n) is 16.6. The summed E-state index contributed by atoms with van der Waals surface area (Å²) in [5.74, 6) is -0.480. The van der Waals surface area contributed by atoms with Crippen molar-refractivity contribution in [3.63, 3.8) is 0 Å². The SMILES string of the molecule is CC(=O)N1c2ccc(S(=O)(=O)N3CCCC3)cc2CC1C(=O)NCC1CCCO1. The first kappa shape index (κ1) is 20.3. The summed E-state index contributed by atoms with van der Waals surface area (Å²) >= 11 is 0. The van der Waals surface area contributed by atoms with E-state index in [9.17, 15) is 18.0 Å². The second-order valence-corrected chi connectivity index (χ2v) is 9.83. The van der Waals surface area contributed by atoms with E-state index >= 15 is 0 Å². The van der Waals surface area contributed by atoms with Crippen LogP contribution in [-0.2, 0) is 30.8 Å². The van der Waals surface area contributed by atoms with Gasteiger partial charge < -0.3 is 10.1 Å². The number of ether oxygens (including phenoxy) is 1. The Morgan fingerprint density at radius 3 is 2.62 bits per heavy atom. The van der Waals surface area contributed by atoms with Gasteiger partial charge >= 0.3 is 0 Å². The minimum Gasteiger partial charge on any atom is -0.376 e. The van der Waals surface area contributed by atoms with Crippen LogP contribution in [0.5, 0.6) is 0 Å². The van der Waals surface area contributed by atoms with Gasteiger partial charge in [-0.25, -0.2) is 8.42 Å². The first-order valence-electron chi connectivity index (χ1n) is 10.2. The van der Waals surface area contributed by atoms with Crippen LogP contribution in [0.15, 0.2) is 23.1 Å². The first-order chi connectivity index (χ1) is 13.9. The molecule has 2 unspecified atom stereocenters. The molecule has 8 nitrogen and oxygen atoms in total. The summed E-state index contributed by atoms with van der Waals surface area (Å²) in [7, 11) is -3.54. The lowest BCUT2D eigenvalue weighted by molar-refractivity contribution is -0.125. The van der Waals surface area contributed by atoms with Gasteiger partial charge in [-0.3, -0.25) is 14.5 Å². The van der Waals surface area contributed by atoms with Crippen molar-refractivity contribution in [2.45, 2.75) is 56.1 Å². The highest BCUT2D eigenvalue weighted by atomic mass is 32.2. The summed E-state index contributed by atoms with van der Waals surface area (Å²) in [6, 6.07) is 4.13. The number of amides is 2. The molecular weight excluding hydrogens is 394 g/mol. The van der Waals surface area contributed by atoms with Gasteiger partial charge in [-0.1, -0.05) is 0 Å². The third-order valence-corrected chi connectivity index (χ3v) is 7.80. The maximum Gasteiger partial charge on any atom is 0.243 e. The lowest BCUT2D eigenvalue weighted by Gasteiger charge is -2.24. The highest BCUT2D eigenvalue weighted by Crippen LogP contribution is 2.35. The Morgan fingerprint density at radius 1 is 1.21 bits per heavy atom. The fraction of sp³-hybridized carbons (Fsp3) is 0.600. The first-order valence-corrected chi connectivity index (χ1v) is 11.6. The molecule has 3 aliphatic rings. The van der Waals surface area contributed by atoms with Crippen molar-refractivity contribution in [3.8, 4) is 0 Å². The van der Waals surface area contributed by atoms with Crippen LogP contribution in [-0.4, -0.2) is 62.9 Å². The number of anilines is 1. The molecule has 1 N–H and O–H groups in total. The molecule has 0 aromatic heterocycles. The van der Waals surface area contributed by atoms with Crippen LogP contribution in [0.1, 0.15) is 38.2 Å². The van der Waals surface area contributed by atoms with Crippen molar-refractivity contribution in [3.05, 3.63) is 23.8 Å². The maximum absolute atomic E-state index is 12.9. The zero-order valence-corrected chi connectivity index (χ0v) is 17.4. The molecule has 0 radical (unpaired) electrons. The molecule has 2 saturated heterocycles. The standard InChI is InChI=1S/C20H27N3O5S/c1-14(24)23-18-7-6-17(29(26,27)22-8-2-3-9-22)11-15(18)12-19(23)20(25)21-13-16-5-4-10-28-16/h6-7,11,16,19H,2-5,8-10,12-13H2,1H3,(H,21,25).